The van der Waals surface area contributed by atoms with Gasteiger partial charge in [-0.15, -0.1) is 0 Å². The molecule has 2 aromatic carbocycles. The second-order valence-corrected chi connectivity index (χ2v) is 8.94. The van der Waals surface area contributed by atoms with Gasteiger partial charge in [0, 0.05) is 18.2 Å². The maximum absolute atomic E-state index is 12.5. The average Bonchev–Trinajstić information content (AvgIpc) is 3.23. The number of aromatic nitrogens is 1. The Morgan fingerprint density at radius 1 is 1.11 bits per heavy atom. The monoisotopic (exact) mass is 478 g/mol. The van der Waals surface area contributed by atoms with Crippen LogP contribution >= 0.6 is 0 Å². The van der Waals surface area contributed by atoms with Crippen LogP contribution in [0.3, 0.4) is 0 Å². The van der Waals surface area contributed by atoms with E-state index < -0.39 is 12.1 Å². The molecule has 0 bridgehead atoms. The van der Waals surface area contributed by atoms with Gasteiger partial charge in [0.05, 0.1) is 24.3 Å². The molecule has 1 unspecified atom stereocenters. The molecule has 35 heavy (non-hydrogen) atoms. The van der Waals surface area contributed by atoms with E-state index >= 15 is 0 Å². The number of nitrogens with zero attached hydrogens (tertiary/aromatic N) is 2. The third kappa shape index (κ3) is 6.20. The van der Waals surface area contributed by atoms with Crippen LogP contribution in [-0.4, -0.2) is 40.4 Å². The zero-order valence-electron chi connectivity index (χ0n) is 20.0. The van der Waals surface area contributed by atoms with Crippen molar-refractivity contribution in [1.29, 1.82) is 0 Å². The normalized spacial score (nSPS) is 17.5. The summed E-state index contributed by atoms with van der Waals surface area (Å²) in [4.78, 5) is 25.3. The van der Waals surface area contributed by atoms with Gasteiger partial charge >= 0.3 is 12.1 Å². The van der Waals surface area contributed by atoms with Crippen LogP contribution in [0.2, 0.25) is 0 Å². The van der Waals surface area contributed by atoms with E-state index in [0.29, 0.717) is 30.0 Å². The number of hydrogen-bond donors (Lipinski definition) is 1. The van der Waals surface area contributed by atoms with E-state index in [0.717, 1.165) is 29.5 Å². The minimum atomic E-state index is -0.754. The molecule has 0 saturated heterocycles. The van der Waals surface area contributed by atoms with Crippen LogP contribution in [0.25, 0.3) is 11.3 Å². The van der Waals surface area contributed by atoms with Gasteiger partial charge < -0.3 is 24.0 Å². The third-order valence-electron chi connectivity index (χ3n) is 6.29. The smallest absolute Gasteiger partial charge is 0.410 e. The Bertz CT molecular complexity index is 1140. The molecule has 2 atom stereocenters. The Labute approximate surface area is 204 Å². The Kier molecular flexibility index (Phi) is 7.70. The summed E-state index contributed by atoms with van der Waals surface area (Å²) >= 11 is 0. The first-order chi connectivity index (χ1) is 16.9. The number of ether oxygens (including phenoxy) is 2. The van der Waals surface area contributed by atoms with E-state index in [2.05, 4.69) is 5.16 Å². The van der Waals surface area contributed by atoms with E-state index in [1.807, 2.05) is 61.5 Å². The van der Waals surface area contributed by atoms with E-state index in [9.17, 15) is 14.7 Å². The molecular formula is C27H30N2O6. The molecule has 8 nitrogen and oxygen atoms in total. The molecule has 0 radical (unpaired) electrons. The summed E-state index contributed by atoms with van der Waals surface area (Å²) in [5.41, 5.74) is 3.23. The third-order valence-corrected chi connectivity index (χ3v) is 6.29. The Morgan fingerprint density at radius 2 is 1.86 bits per heavy atom. The van der Waals surface area contributed by atoms with Crippen LogP contribution in [0, 0.1) is 12.8 Å². The lowest BCUT2D eigenvalue weighted by molar-refractivity contribution is -0.143. The minimum absolute atomic E-state index is 0.102. The molecule has 1 saturated carbocycles. The van der Waals surface area contributed by atoms with Gasteiger partial charge in [0.2, 0.25) is 0 Å². The van der Waals surface area contributed by atoms with Crippen LogP contribution in [0.5, 0.6) is 5.75 Å². The number of carbonyl (C=O) groups is 2. The molecule has 1 heterocycles. The van der Waals surface area contributed by atoms with E-state index in [-0.39, 0.29) is 25.2 Å². The topological polar surface area (TPSA) is 102 Å². The minimum Gasteiger partial charge on any atom is -0.490 e. The number of carboxylic acids is 1. The Hall–Kier alpha value is -3.81. The van der Waals surface area contributed by atoms with Gasteiger partial charge in [0.1, 0.15) is 12.4 Å². The zero-order valence-corrected chi connectivity index (χ0v) is 20.0. The highest BCUT2D eigenvalue weighted by Gasteiger charge is 2.28. The summed E-state index contributed by atoms with van der Waals surface area (Å²) in [6.45, 7) is 2.33. The SMILES string of the molecule is Cc1noc(-c2ccc(O[C@H]3CCCC(C(=O)O)C3)cc2)c1CN(C)C(=O)OCc1ccccc1. The molecule has 1 N–H and O–H groups in total. The largest absolute Gasteiger partial charge is 0.490 e. The second kappa shape index (κ2) is 11.1. The van der Waals surface area contributed by atoms with E-state index in [1.54, 1.807) is 7.05 Å². The van der Waals surface area contributed by atoms with Crippen molar-refractivity contribution in [2.75, 3.05) is 7.05 Å². The highest BCUT2D eigenvalue weighted by molar-refractivity contribution is 5.70. The number of amides is 1. The molecule has 4 rings (SSSR count). The molecular weight excluding hydrogens is 448 g/mol. The maximum Gasteiger partial charge on any atom is 0.410 e. The van der Waals surface area contributed by atoms with Crippen LogP contribution in [0.15, 0.2) is 59.1 Å². The molecule has 1 aliphatic rings. The maximum atomic E-state index is 12.5. The van der Waals surface area contributed by atoms with E-state index in [1.165, 1.54) is 4.90 Å². The standard InChI is InChI=1S/C27H30N2O6/c1-18-24(16-29(2)27(32)33-17-19-7-4-3-5-8-19)25(35-28-18)20-11-13-22(14-12-20)34-23-10-6-9-21(15-23)26(30)31/h3-5,7-8,11-14,21,23H,6,9-10,15-17H2,1-2H3,(H,30,31)/t21?,23-/m0/s1. The number of rotatable bonds is 8. The molecule has 3 aromatic rings. The summed E-state index contributed by atoms with van der Waals surface area (Å²) in [6, 6.07) is 17.0. The number of aryl methyl sites for hydroxylation is 1. The lowest BCUT2D eigenvalue weighted by Gasteiger charge is -2.27. The van der Waals surface area contributed by atoms with Crippen molar-refractivity contribution >= 4 is 12.1 Å². The van der Waals surface area contributed by atoms with Crippen molar-refractivity contribution in [3.8, 4) is 17.1 Å². The van der Waals surface area contributed by atoms with Crippen molar-refractivity contribution in [3.05, 3.63) is 71.4 Å². The Balaban J connectivity index is 1.38. The lowest BCUT2D eigenvalue weighted by Crippen LogP contribution is -2.29. The highest BCUT2D eigenvalue weighted by Crippen LogP contribution is 2.31. The first-order valence-electron chi connectivity index (χ1n) is 11.8. The molecule has 1 fully saturated rings. The number of benzene rings is 2. The molecule has 1 amide bonds. The summed E-state index contributed by atoms with van der Waals surface area (Å²) in [6.07, 6.45) is 2.39. The van der Waals surface area contributed by atoms with Crippen LogP contribution in [0.1, 0.15) is 42.5 Å². The predicted octanol–water partition coefficient (Wildman–Crippen LogP) is 5.44. The fourth-order valence-corrected chi connectivity index (χ4v) is 4.29. The summed E-state index contributed by atoms with van der Waals surface area (Å²) in [5, 5.41) is 13.4. The zero-order chi connectivity index (χ0) is 24.8. The van der Waals surface area contributed by atoms with Gasteiger partial charge in [-0.3, -0.25) is 4.79 Å². The quantitative estimate of drug-likeness (QED) is 0.460. The predicted molar refractivity (Wildman–Crippen MR) is 129 cm³/mol. The van der Waals surface area contributed by atoms with Crippen LogP contribution < -0.4 is 4.74 Å². The van der Waals surface area contributed by atoms with Crippen LogP contribution in [0.4, 0.5) is 4.79 Å². The fraction of sp³-hybridized carbons (Fsp3) is 0.370. The molecule has 0 aliphatic heterocycles. The molecule has 0 spiro atoms. The summed E-state index contributed by atoms with van der Waals surface area (Å²) in [5.74, 6) is 0.171. The number of carboxylic acid groups (broad SMARTS) is 1. The Morgan fingerprint density at radius 3 is 2.57 bits per heavy atom. The molecule has 8 heteroatoms. The van der Waals surface area contributed by atoms with Gasteiger partial charge in [0.25, 0.3) is 0 Å². The lowest BCUT2D eigenvalue weighted by atomic mass is 9.87. The van der Waals surface area contributed by atoms with Crippen LogP contribution in [-0.2, 0) is 22.7 Å². The fourth-order valence-electron chi connectivity index (χ4n) is 4.29. The molecule has 1 aliphatic carbocycles. The first kappa shape index (κ1) is 24.3. The average molecular weight is 479 g/mol. The van der Waals surface area contributed by atoms with Gasteiger partial charge in [-0.1, -0.05) is 35.5 Å². The van der Waals surface area contributed by atoms with E-state index in [4.69, 9.17) is 14.0 Å². The van der Waals surface area contributed by atoms with Crippen molar-refractivity contribution in [1.82, 2.24) is 10.1 Å². The van der Waals surface area contributed by atoms with Gasteiger partial charge in [-0.25, -0.2) is 4.79 Å². The summed E-state index contributed by atoms with van der Waals surface area (Å²) < 4.78 is 17.0. The van der Waals surface area contributed by atoms with Gasteiger partial charge in [0.15, 0.2) is 5.76 Å². The number of carbonyl (C=O) groups excluding carboxylic acids is 1. The van der Waals surface area contributed by atoms with Gasteiger partial charge in [-0.05, 0) is 62.4 Å². The highest BCUT2D eigenvalue weighted by atomic mass is 16.6. The molecule has 184 valence electrons. The summed E-state index contributed by atoms with van der Waals surface area (Å²) in [7, 11) is 1.68. The van der Waals surface area contributed by atoms with Gasteiger partial charge in [-0.2, -0.15) is 0 Å². The molecule has 1 aromatic heterocycles. The van der Waals surface area contributed by atoms with Crippen molar-refractivity contribution in [2.45, 2.75) is 51.9 Å². The van der Waals surface area contributed by atoms with Crippen molar-refractivity contribution in [2.24, 2.45) is 5.92 Å². The number of aliphatic carboxylic acids is 1. The van der Waals surface area contributed by atoms with Crippen molar-refractivity contribution < 1.29 is 28.7 Å². The second-order valence-electron chi connectivity index (χ2n) is 8.94. The number of hydrogen-bond acceptors (Lipinski definition) is 6. The van der Waals surface area contributed by atoms with Crippen molar-refractivity contribution in [3.63, 3.8) is 0 Å². The first-order valence-corrected chi connectivity index (χ1v) is 11.8.